The monoisotopic (exact) mass is 904 g/mol. The van der Waals surface area contributed by atoms with Crippen LogP contribution < -0.4 is 18.9 Å². The first kappa shape index (κ1) is 50.0. The number of phenolic OH excluding ortho intramolecular Hbond substituents is 4. The van der Waals surface area contributed by atoms with Crippen molar-refractivity contribution < 1.29 is 170 Å². The van der Waals surface area contributed by atoms with Crippen LogP contribution in [0.4, 0.5) is 0 Å². The summed E-state index contributed by atoms with van der Waals surface area (Å²) >= 11 is 0. The number of hydrogen-bond donors (Lipinski definition) is 4. The van der Waals surface area contributed by atoms with Crippen molar-refractivity contribution in [1.29, 1.82) is 0 Å². The van der Waals surface area contributed by atoms with Crippen molar-refractivity contribution in [3.05, 3.63) is 123 Å². The molecule has 0 aromatic heterocycles. The van der Waals surface area contributed by atoms with Crippen LogP contribution in [-0.4, -0.2) is 48.9 Å². The minimum Gasteiger partial charge on any atom is -0.565 e. The molecule has 4 aromatic rings. The van der Waals surface area contributed by atoms with Crippen LogP contribution in [0.3, 0.4) is 0 Å². The molecule has 4 N–H and O–H groups in total. The summed E-state index contributed by atoms with van der Waals surface area (Å²) < 4.78 is 20.1. The molecule has 0 atom stereocenters. The SMILES string of the molecule is [CH2-]c1cc(O)cc(O)c1.[CH2-]c1cc(OC)cc(OC)c1.[CH2-]c1ccc(O)cc1O.[CH2-]c1ccc(OC)cc1OC.[Y].[Y].[Y].[Y]. The van der Waals surface area contributed by atoms with E-state index >= 15 is 0 Å². The fourth-order valence-electron chi connectivity index (χ4n) is 2.93. The second-order valence-electron chi connectivity index (χ2n) is 8.07. The second kappa shape index (κ2) is 27.3. The van der Waals surface area contributed by atoms with E-state index < -0.39 is 0 Å². The zero-order valence-electron chi connectivity index (χ0n) is 25.5. The van der Waals surface area contributed by atoms with Gasteiger partial charge in [0.2, 0.25) is 0 Å². The topological polar surface area (TPSA) is 118 Å². The van der Waals surface area contributed by atoms with Crippen molar-refractivity contribution in [2.24, 2.45) is 0 Å². The maximum atomic E-state index is 8.88. The Balaban J connectivity index is -0.000000236. The van der Waals surface area contributed by atoms with Gasteiger partial charge in [-0.05, 0) is 24.3 Å². The quantitative estimate of drug-likeness (QED) is 0.176. The molecule has 0 bridgehead atoms. The third-order valence-electron chi connectivity index (χ3n) is 4.94. The normalized spacial score (nSPS) is 8.45. The van der Waals surface area contributed by atoms with Crippen molar-refractivity contribution in [3.8, 4) is 46.0 Å². The Morgan fingerprint density at radius 2 is 0.886 bits per heavy atom. The first-order chi connectivity index (χ1) is 18.9. The Labute approximate surface area is 362 Å². The zero-order chi connectivity index (χ0) is 30.2. The van der Waals surface area contributed by atoms with Crippen molar-refractivity contribution in [2.45, 2.75) is 0 Å². The molecule has 4 rings (SSSR count). The second-order valence-corrected chi connectivity index (χ2v) is 8.07. The average Bonchev–Trinajstić information content (AvgIpc) is 2.91. The fourth-order valence-corrected chi connectivity index (χ4v) is 2.93. The molecule has 0 fully saturated rings. The zero-order valence-corrected chi connectivity index (χ0v) is 36.8. The number of aromatic hydroxyl groups is 4. The smallest absolute Gasteiger partial charge is 0.0978 e. The number of ether oxygens (including phenoxy) is 4. The largest absolute Gasteiger partial charge is 0.565 e. The number of hydrogen-bond acceptors (Lipinski definition) is 8. The Hall–Kier alpha value is -0.824. The van der Waals surface area contributed by atoms with Gasteiger partial charge in [0, 0.05) is 142 Å². The predicted molar refractivity (Wildman–Crippen MR) is 156 cm³/mol. The van der Waals surface area contributed by atoms with Crippen LogP contribution >= 0.6 is 0 Å². The summed E-state index contributed by atoms with van der Waals surface area (Å²) in [6, 6.07) is 19.5. The van der Waals surface area contributed by atoms with Crippen LogP contribution in [-0.2, 0) is 131 Å². The van der Waals surface area contributed by atoms with Crippen LogP contribution in [0, 0.1) is 27.7 Å². The maximum Gasteiger partial charge on any atom is 0.0978 e. The molecule has 8 nitrogen and oxygen atoms in total. The van der Waals surface area contributed by atoms with Gasteiger partial charge in [0.25, 0.3) is 0 Å². The summed E-state index contributed by atoms with van der Waals surface area (Å²) in [6.07, 6.45) is 0. The van der Waals surface area contributed by atoms with Crippen molar-refractivity contribution in [2.75, 3.05) is 28.4 Å². The van der Waals surface area contributed by atoms with Gasteiger partial charge in [0.15, 0.2) is 0 Å². The van der Waals surface area contributed by atoms with E-state index in [9.17, 15) is 0 Å². The van der Waals surface area contributed by atoms with E-state index in [0.717, 1.165) is 34.1 Å². The Kier molecular flexibility index (Phi) is 31.1. The molecule has 0 saturated heterocycles. The third-order valence-corrected chi connectivity index (χ3v) is 4.94. The van der Waals surface area contributed by atoms with Gasteiger partial charge in [0.1, 0.15) is 0 Å². The van der Waals surface area contributed by atoms with Crippen molar-refractivity contribution >= 4 is 0 Å². The summed E-state index contributed by atoms with van der Waals surface area (Å²) in [7, 11) is 6.48. The first-order valence-electron chi connectivity index (χ1n) is 11.7. The number of rotatable bonds is 4. The van der Waals surface area contributed by atoms with E-state index in [1.165, 1.54) is 30.3 Å². The Bertz CT molecular complexity index is 1280. The molecule has 228 valence electrons. The summed E-state index contributed by atoms with van der Waals surface area (Å²) in [4.78, 5) is 0. The molecule has 0 spiro atoms. The summed E-state index contributed by atoms with van der Waals surface area (Å²) in [5, 5.41) is 35.2. The van der Waals surface area contributed by atoms with Crippen molar-refractivity contribution in [3.63, 3.8) is 0 Å². The van der Waals surface area contributed by atoms with E-state index in [1.54, 1.807) is 34.5 Å². The van der Waals surface area contributed by atoms with Crippen LogP contribution in [0.15, 0.2) is 72.8 Å². The number of methoxy groups -OCH3 is 4. The van der Waals surface area contributed by atoms with Gasteiger partial charge in [-0.1, -0.05) is 12.1 Å². The van der Waals surface area contributed by atoms with Gasteiger partial charge < -0.3 is 39.4 Å². The van der Waals surface area contributed by atoms with Gasteiger partial charge >= 0.3 is 0 Å². The predicted octanol–water partition coefficient (Wildman–Crippen LogP) is 6.32. The minimum atomic E-state index is 0. The Morgan fingerprint density at radius 1 is 0.432 bits per heavy atom. The molecule has 0 saturated carbocycles. The standard InChI is InChI=1S/2C9H11O2.2C7H7O2.4Y/c1-7-4-8(10-2)6-9(5-7)11-3;1-7-4-5-8(10-2)6-9(7)11-3;1-5-2-6(8)4-7(9)3-5;1-5-2-3-6(8)4-7(5)9;;;;/h2*4-6H,1H2,2-3H3;2*2-4,8-9H,1H2;;;;/q4*-1;;;;. The van der Waals surface area contributed by atoms with Gasteiger partial charge in [-0.3, -0.25) is 0 Å². The first-order valence-corrected chi connectivity index (χ1v) is 11.7. The summed E-state index contributed by atoms with van der Waals surface area (Å²) in [5.41, 5.74) is 2.88. The molecule has 4 aromatic carbocycles. The molecule has 0 aliphatic rings. The van der Waals surface area contributed by atoms with Gasteiger partial charge in [-0.25, -0.2) is 0 Å². The fraction of sp³-hybridized carbons (Fsp3) is 0.125. The molecule has 0 heterocycles. The molecule has 4 radical (unpaired) electrons. The minimum absolute atomic E-state index is 0. The van der Waals surface area contributed by atoms with Gasteiger partial charge in [-0.15, -0.1) is 24.3 Å². The molecule has 0 aliphatic heterocycles. The van der Waals surface area contributed by atoms with Crippen molar-refractivity contribution in [1.82, 2.24) is 0 Å². The van der Waals surface area contributed by atoms with E-state index in [0.29, 0.717) is 11.1 Å². The molecule has 12 heteroatoms. The third kappa shape index (κ3) is 20.3. The molecule has 0 unspecified atom stereocenters. The summed E-state index contributed by atoms with van der Waals surface area (Å²) in [6.45, 7) is 14.6. The van der Waals surface area contributed by atoms with E-state index in [1.807, 2.05) is 36.4 Å². The van der Waals surface area contributed by atoms with E-state index in [4.69, 9.17) is 39.4 Å². The van der Waals surface area contributed by atoms with Crippen LogP contribution in [0.2, 0.25) is 0 Å². The maximum absolute atomic E-state index is 8.88. The molecular formula is C32H36O8Y4-4. The molecular weight excluding hydrogens is 868 g/mol. The van der Waals surface area contributed by atoms with Crippen LogP contribution in [0.5, 0.6) is 46.0 Å². The van der Waals surface area contributed by atoms with Gasteiger partial charge in [-0.2, -0.15) is 62.1 Å². The summed E-state index contributed by atoms with van der Waals surface area (Å²) in [5.74, 6) is 3.25. The number of benzene rings is 4. The number of phenols is 4. The Morgan fingerprint density at radius 3 is 1.27 bits per heavy atom. The van der Waals surface area contributed by atoms with Crippen LogP contribution in [0.1, 0.15) is 22.3 Å². The average molecular weight is 904 g/mol. The van der Waals surface area contributed by atoms with E-state index in [-0.39, 0.29) is 154 Å². The molecule has 44 heavy (non-hydrogen) atoms. The molecule has 0 aliphatic carbocycles. The van der Waals surface area contributed by atoms with Crippen LogP contribution in [0.25, 0.3) is 0 Å². The van der Waals surface area contributed by atoms with Gasteiger partial charge in [0.05, 0.1) is 62.9 Å². The molecule has 0 amide bonds. The van der Waals surface area contributed by atoms with E-state index in [2.05, 4.69) is 27.7 Å².